The molecule has 1 aromatic carbocycles. The minimum absolute atomic E-state index is 0.0174. The van der Waals surface area contributed by atoms with E-state index in [4.69, 9.17) is 0 Å². The molecule has 124 valence electrons. The first kappa shape index (κ1) is 17.9. The molecule has 0 unspecified atom stereocenters. The van der Waals surface area contributed by atoms with E-state index in [1.54, 1.807) is 18.2 Å². The summed E-state index contributed by atoms with van der Waals surface area (Å²) >= 11 is 4.46. The van der Waals surface area contributed by atoms with Crippen LogP contribution in [0.25, 0.3) is 0 Å². The lowest BCUT2D eigenvalue weighted by Crippen LogP contribution is -2.28. The van der Waals surface area contributed by atoms with Crippen LogP contribution in [0.4, 0.5) is 11.4 Å². The van der Waals surface area contributed by atoms with Crippen molar-refractivity contribution < 1.29 is 13.3 Å². The minimum Gasteiger partial charge on any atom is -0.383 e. The van der Waals surface area contributed by atoms with Gasteiger partial charge in [0.15, 0.2) is 0 Å². The second-order valence-electron chi connectivity index (χ2n) is 4.61. The number of nitrogens with zero attached hydrogens (tertiary/aromatic N) is 1. The van der Waals surface area contributed by atoms with Crippen LogP contribution in [0.1, 0.15) is 4.88 Å². The number of nitrogens with one attached hydrogen (secondary N) is 2. The maximum absolute atomic E-state index is 12.0. The standard InChI is InChI=1S/C13H14BrN3O4S2/c1-9-2-5-13(22-9)23(20,21)16-7-6-15-12-4-3-10(17(18)19)8-11(12)14/h2-5,8,15-16H,6-7H2,1H3. The van der Waals surface area contributed by atoms with Crippen molar-refractivity contribution in [1.82, 2.24) is 4.72 Å². The summed E-state index contributed by atoms with van der Waals surface area (Å²) < 4.78 is 27.4. The van der Waals surface area contributed by atoms with Crippen LogP contribution in [0.2, 0.25) is 0 Å². The predicted octanol–water partition coefficient (Wildman–Crippen LogP) is 3.12. The molecule has 0 saturated carbocycles. The zero-order chi connectivity index (χ0) is 17.0. The van der Waals surface area contributed by atoms with Crippen LogP contribution < -0.4 is 10.0 Å². The molecule has 2 N–H and O–H groups in total. The van der Waals surface area contributed by atoms with E-state index in [0.717, 1.165) is 4.88 Å². The van der Waals surface area contributed by atoms with E-state index in [-0.39, 0.29) is 16.4 Å². The van der Waals surface area contributed by atoms with Gasteiger partial charge in [0.25, 0.3) is 5.69 Å². The molecule has 0 bridgehead atoms. The Bertz CT molecular complexity index is 820. The maximum atomic E-state index is 12.0. The summed E-state index contributed by atoms with van der Waals surface area (Å²) in [6.45, 7) is 2.39. The monoisotopic (exact) mass is 419 g/mol. The number of rotatable bonds is 7. The Morgan fingerprint density at radius 1 is 1.26 bits per heavy atom. The third kappa shape index (κ3) is 4.74. The van der Waals surface area contributed by atoms with Crippen LogP contribution in [-0.2, 0) is 10.0 Å². The molecule has 0 atom stereocenters. The van der Waals surface area contributed by atoms with Crippen molar-refractivity contribution >= 4 is 48.7 Å². The lowest BCUT2D eigenvalue weighted by molar-refractivity contribution is -0.384. The van der Waals surface area contributed by atoms with E-state index >= 15 is 0 Å². The number of nitro groups is 1. The summed E-state index contributed by atoms with van der Waals surface area (Å²) in [5.74, 6) is 0. The lowest BCUT2D eigenvalue weighted by Gasteiger charge is -2.09. The molecule has 0 aliphatic heterocycles. The number of non-ortho nitro benzene ring substituents is 1. The van der Waals surface area contributed by atoms with Crippen molar-refractivity contribution in [3.8, 4) is 0 Å². The average Bonchev–Trinajstić information content (AvgIpc) is 2.92. The highest BCUT2D eigenvalue weighted by Crippen LogP contribution is 2.26. The zero-order valence-corrected chi connectivity index (χ0v) is 15.3. The number of benzene rings is 1. The van der Waals surface area contributed by atoms with Crippen molar-refractivity contribution in [2.24, 2.45) is 0 Å². The highest BCUT2D eigenvalue weighted by molar-refractivity contribution is 9.10. The largest absolute Gasteiger partial charge is 0.383 e. The van der Waals surface area contributed by atoms with Crippen LogP contribution in [-0.4, -0.2) is 26.4 Å². The number of thiophene rings is 1. The van der Waals surface area contributed by atoms with Crippen LogP contribution in [0.3, 0.4) is 0 Å². The van der Waals surface area contributed by atoms with E-state index in [0.29, 0.717) is 16.7 Å². The fourth-order valence-electron chi connectivity index (χ4n) is 1.77. The van der Waals surface area contributed by atoms with Gasteiger partial charge in [0, 0.05) is 40.3 Å². The molecule has 1 aromatic heterocycles. The summed E-state index contributed by atoms with van der Waals surface area (Å²) in [5, 5.41) is 13.7. The lowest BCUT2D eigenvalue weighted by atomic mass is 10.3. The Morgan fingerprint density at radius 2 is 2.00 bits per heavy atom. The van der Waals surface area contributed by atoms with Crippen molar-refractivity contribution in [2.75, 3.05) is 18.4 Å². The molecule has 0 aliphatic carbocycles. The molecule has 0 spiro atoms. The molecular formula is C13H14BrN3O4S2. The van der Waals surface area contributed by atoms with Crippen molar-refractivity contribution in [1.29, 1.82) is 0 Å². The number of halogens is 1. The van der Waals surface area contributed by atoms with Gasteiger partial charge in [-0.1, -0.05) is 0 Å². The first-order valence-electron chi connectivity index (χ1n) is 6.53. The third-order valence-electron chi connectivity index (χ3n) is 2.88. The van der Waals surface area contributed by atoms with Crippen LogP contribution in [0.5, 0.6) is 0 Å². The van der Waals surface area contributed by atoms with Gasteiger partial charge in [-0.25, -0.2) is 13.1 Å². The van der Waals surface area contributed by atoms with Gasteiger partial charge in [-0.3, -0.25) is 10.1 Å². The first-order valence-corrected chi connectivity index (χ1v) is 9.63. The third-order valence-corrected chi connectivity index (χ3v) is 6.49. The molecule has 7 nitrogen and oxygen atoms in total. The predicted molar refractivity (Wildman–Crippen MR) is 93.5 cm³/mol. The average molecular weight is 420 g/mol. The topological polar surface area (TPSA) is 101 Å². The second-order valence-corrected chi connectivity index (χ2v) is 8.75. The van der Waals surface area contributed by atoms with Crippen molar-refractivity contribution in [3.05, 3.63) is 49.8 Å². The smallest absolute Gasteiger partial charge is 0.270 e. The summed E-state index contributed by atoms with van der Waals surface area (Å²) in [7, 11) is -3.49. The van der Waals surface area contributed by atoms with Crippen LogP contribution >= 0.6 is 27.3 Å². The Balaban J connectivity index is 1.89. The maximum Gasteiger partial charge on any atom is 0.270 e. The highest BCUT2D eigenvalue weighted by Gasteiger charge is 2.15. The second kappa shape index (κ2) is 7.39. The Hall–Kier alpha value is -1.49. The van der Waals surface area contributed by atoms with Crippen LogP contribution in [0, 0.1) is 17.0 Å². The molecule has 0 radical (unpaired) electrons. The number of hydrogen-bond donors (Lipinski definition) is 2. The van der Waals surface area contributed by atoms with Gasteiger partial charge in [0.05, 0.1) is 4.92 Å². The molecule has 0 aliphatic rings. The molecule has 23 heavy (non-hydrogen) atoms. The van der Waals surface area contributed by atoms with Gasteiger partial charge in [0.1, 0.15) is 4.21 Å². The molecule has 0 amide bonds. The molecule has 2 aromatic rings. The normalized spacial score (nSPS) is 11.4. The fourth-order valence-corrected chi connectivity index (χ4v) is 4.64. The van der Waals surface area contributed by atoms with Gasteiger partial charge in [-0.15, -0.1) is 11.3 Å². The SMILES string of the molecule is Cc1ccc(S(=O)(=O)NCCNc2ccc([N+](=O)[O-])cc2Br)s1. The fraction of sp³-hybridized carbons (Fsp3) is 0.231. The summed E-state index contributed by atoms with van der Waals surface area (Å²) in [4.78, 5) is 11.1. The Labute approximate surface area is 146 Å². The number of anilines is 1. The molecule has 10 heteroatoms. The number of hydrogen-bond acceptors (Lipinski definition) is 6. The van der Waals surface area contributed by atoms with Crippen LogP contribution in [0.15, 0.2) is 39.0 Å². The summed E-state index contributed by atoms with van der Waals surface area (Å²) in [5.41, 5.74) is 0.637. The molecule has 0 saturated heterocycles. The highest BCUT2D eigenvalue weighted by atomic mass is 79.9. The first-order chi connectivity index (χ1) is 10.8. The van der Waals surface area contributed by atoms with Crippen molar-refractivity contribution in [2.45, 2.75) is 11.1 Å². The van der Waals surface area contributed by atoms with Gasteiger partial charge in [0.2, 0.25) is 10.0 Å². The Morgan fingerprint density at radius 3 is 2.57 bits per heavy atom. The van der Waals surface area contributed by atoms with Crippen molar-refractivity contribution in [3.63, 3.8) is 0 Å². The van der Waals surface area contributed by atoms with E-state index < -0.39 is 14.9 Å². The van der Waals surface area contributed by atoms with E-state index in [1.807, 2.05) is 6.92 Å². The Kier molecular flexibility index (Phi) is 5.74. The minimum atomic E-state index is -3.49. The summed E-state index contributed by atoms with van der Waals surface area (Å²) in [6, 6.07) is 7.67. The zero-order valence-electron chi connectivity index (χ0n) is 12.1. The molecular weight excluding hydrogens is 406 g/mol. The molecule has 1 heterocycles. The number of aryl methyl sites for hydroxylation is 1. The van der Waals surface area contributed by atoms with Gasteiger partial charge >= 0.3 is 0 Å². The molecule has 0 fully saturated rings. The molecule has 2 rings (SSSR count). The van der Waals surface area contributed by atoms with Gasteiger partial charge < -0.3 is 5.32 Å². The summed E-state index contributed by atoms with van der Waals surface area (Å²) in [6.07, 6.45) is 0. The quantitative estimate of drug-likeness (QED) is 0.407. The van der Waals surface area contributed by atoms with Gasteiger partial charge in [-0.05, 0) is 41.1 Å². The number of sulfonamides is 1. The van der Waals surface area contributed by atoms with E-state index in [9.17, 15) is 18.5 Å². The van der Waals surface area contributed by atoms with E-state index in [2.05, 4.69) is 26.0 Å². The van der Waals surface area contributed by atoms with E-state index in [1.165, 1.54) is 23.5 Å². The number of nitro benzene ring substituents is 1. The van der Waals surface area contributed by atoms with Gasteiger partial charge in [-0.2, -0.15) is 0 Å².